The van der Waals surface area contributed by atoms with Crippen LogP contribution in [-0.2, 0) is 11.3 Å². The first-order valence-corrected chi connectivity index (χ1v) is 8.35. The molecule has 0 spiro atoms. The van der Waals surface area contributed by atoms with Crippen molar-refractivity contribution in [2.24, 2.45) is 0 Å². The van der Waals surface area contributed by atoms with Gasteiger partial charge in [-0.15, -0.1) is 0 Å². The number of hydrogen-bond donors (Lipinski definition) is 1. The molecule has 1 aromatic carbocycles. The van der Waals surface area contributed by atoms with E-state index < -0.39 is 0 Å². The summed E-state index contributed by atoms with van der Waals surface area (Å²) in [6, 6.07) is 6.05. The Morgan fingerprint density at radius 3 is 2.83 bits per heavy atom. The molecule has 0 atom stereocenters. The molecule has 6 heteroatoms. The normalized spacial score (nSPS) is 16.9. The first-order valence-electron chi connectivity index (χ1n) is 8.35. The highest BCUT2D eigenvalue weighted by Gasteiger charge is 2.18. The van der Waals surface area contributed by atoms with Crippen molar-refractivity contribution in [1.82, 2.24) is 15.1 Å². The number of carbonyl (C=O) groups is 1. The lowest BCUT2D eigenvalue weighted by atomic mass is 10.2. The molecule has 1 saturated heterocycles. The van der Waals surface area contributed by atoms with Gasteiger partial charge >= 0.3 is 0 Å². The summed E-state index contributed by atoms with van der Waals surface area (Å²) in [5.41, 5.74) is 1.19. The molecule has 23 heavy (non-hydrogen) atoms. The number of benzene rings is 1. The number of ether oxygens (including phenoxy) is 2. The van der Waals surface area contributed by atoms with E-state index in [1.165, 1.54) is 5.56 Å². The van der Waals surface area contributed by atoms with E-state index in [1.54, 1.807) is 0 Å². The summed E-state index contributed by atoms with van der Waals surface area (Å²) < 4.78 is 10.8. The Labute approximate surface area is 137 Å². The number of nitrogens with zero attached hydrogens (tertiary/aromatic N) is 2. The van der Waals surface area contributed by atoms with Gasteiger partial charge in [0.05, 0.1) is 0 Å². The molecular formula is C17H25N3O3. The number of carbonyl (C=O) groups excluding carboxylic acids is 1. The molecule has 1 amide bonds. The molecule has 0 saturated carbocycles. The van der Waals surface area contributed by atoms with Gasteiger partial charge in [0.2, 0.25) is 12.7 Å². The van der Waals surface area contributed by atoms with Crippen LogP contribution in [0.15, 0.2) is 18.2 Å². The molecule has 1 fully saturated rings. The molecule has 0 bridgehead atoms. The zero-order valence-electron chi connectivity index (χ0n) is 13.7. The number of piperazine rings is 1. The third kappa shape index (κ3) is 4.14. The van der Waals surface area contributed by atoms with Crippen LogP contribution in [0.25, 0.3) is 0 Å². The van der Waals surface area contributed by atoms with E-state index in [9.17, 15) is 4.79 Å². The van der Waals surface area contributed by atoms with Crippen LogP contribution < -0.4 is 14.8 Å². The van der Waals surface area contributed by atoms with E-state index in [-0.39, 0.29) is 5.91 Å². The maximum atomic E-state index is 12.3. The molecule has 2 aliphatic heterocycles. The summed E-state index contributed by atoms with van der Waals surface area (Å²) in [5.74, 6) is 1.89. The van der Waals surface area contributed by atoms with E-state index in [0.717, 1.165) is 57.3 Å². The van der Waals surface area contributed by atoms with Gasteiger partial charge in [-0.1, -0.05) is 13.0 Å². The summed E-state index contributed by atoms with van der Waals surface area (Å²) in [6.07, 6.45) is 0.582. The van der Waals surface area contributed by atoms with Crippen molar-refractivity contribution < 1.29 is 14.3 Å². The topological polar surface area (TPSA) is 54.0 Å². The molecule has 0 aromatic heterocycles. The number of hydrogen-bond acceptors (Lipinski definition) is 5. The first kappa shape index (κ1) is 16.1. The molecule has 1 N–H and O–H groups in total. The number of nitrogens with one attached hydrogen (secondary N) is 1. The van der Waals surface area contributed by atoms with Crippen molar-refractivity contribution in [2.45, 2.75) is 19.9 Å². The molecule has 1 aromatic rings. The van der Waals surface area contributed by atoms with E-state index in [4.69, 9.17) is 9.47 Å². The van der Waals surface area contributed by atoms with Gasteiger partial charge in [0.25, 0.3) is 0 Å². The third-order valence-electron chi connectivity index (χ3n) is 4.40. The molecule has 0 radical (unpaired) electrons. The lowest BCUT2D eigenvalue weighted by Gasteiger charge is -2.28. The van der Waals surface area contributed by atoms with E-state index in [1.807, 2.05) is 17.0 Å². The first-order chi connectivity index (χ1) is 11.3. The fourth-order valence-electron chi connectivity index (χ4n) is 2.97. The van der Waals surface area contributed by atoms with Crippen molar-refractivity contribution in [3.05, 3.63) is 23.8 Å². The van der Waals surface area contributed by atoms with Crippen molar-refractivity contribution >= 4 is 5.91 Å². The average Bonchev–Trinajstić information content (AvgIpc) is 3.06. The Morgan fingerprint density at radius 1 is 1.26 bits per heavy atom. The van der Waals surface area contributed by atoms with Gasteiger partial charge < -0.3 is 19.7 Å². The molecule has 2 heterocycles. The highest BCUT2D eigenvalue weighted by atomic mass is 16.7. The van der Waals surface area contributed by atoms with Gasteiger partial charge in [0.15, 0.2) is 11.5 Å². The predicted molar refractivity (Wildman–Crippen MR) is 87.6 cm³/mol. The average molecular weight is 319 g/mol. The standard InChI is InChI=1S/C17H25N3O3/c1-2-19(8-5-17(21)20-9-6-18-7-10-20)12-14-3-4-15-16(11-14)23-13-22-15/h3-4,11,18H,2,5-10,12-13H2,1H3. The van der Waals surface area contributed by atoms with Crippen LogP contribution in [0.5, 0.6) is 11.5 Å². The largest absolute Gasteiger partial charge is 0.454 e. The fraction of sp³-hybridized carbons (Fsp3) is 0.588. The van der Waals surface area contributed by atoms with Crippen LogP contribution in [0.4, 0.5) is 0 Å². The molecule has 2 aliphatic rings. The number of rotatable bonds is 6. The third-order valence-corrected chi connectivity index (χ3v) is 4.40. The highest BCUT2D eigenvalue weighted by Crippen LogP contribution is 2.32. The van der Waals surface area contributed by atoms with E-state index in [2.05, 4.69) is 23.2 Å². The van der Waals surface area contributed by atoms with Crippen LogP contribution in [0.3, 0.4) is 0 Å². The summed E-state index contributed by atoms with van der Waals surface area (Å²) >= 11 is 0. The zero-order chi connectivity index (χ0) is 16.1. The molecular weight excluding hydrogens is 294 g/mol. The lowest BCUT2D eigenvalue weighted by molar-refractivity contribution is -0.132. The minimum Gasteiger partial charge on any atom is -0.454 e. The zero-order valence-corrected chi connectivity index (χ0v) is 13.7. The summed E-state index contributed by atoms with van der Waals surface area (Å²) in [6.45, 7) is 8.41. The second-order valence-electron chi connectivity index (χ2n) is 5.94. The Bertz CT molecular complexity index is 544. The molecule has 3 rings (SSSR count). The number of amides is 1. The van der Waals surface area contributed by atoms with Gasteiger partial charge in [-0.25, -0.2) is 0 Å². The van der Waals surface area contributed by atoms with Crippen LogP contribution in [0.1, 0.15) is 18.9 Å². The van der Waals surface area contributed by atoms with Gasteiger partial charge in [-0.3, -0.25) is 9.69 Å². The summed E-state index contributed by atoms with van der Waals surface area (Å²) in [5, 5.41) is 3.27. The van der Waals surface area contributed by atoms with E-state index in [0.29, 0.717) is 13.2 Å². The summed E-state index contributed by atoms with van der Waals surface area (Å²) in [7, 11) is 0. The second-order valence-corrected chi connectivity index (χ2v) is 5.94. The van der Waals surface area contributed by atoms with Crippen LogP contribution in [0, 0.1) is 0 Å². The SMILES string of the molecule is CCN(CCC(=O)N1CCNCC1)Cc1ccc2c(c1)OCO2. The van der Waals surface area contributed by atoms with Crippen LogP contribution >= 0.6 is 0 Å². The Hall–Kier alpha value is -1.79. The van der Waals surface area contributed by atoms with Crippen molar-refractivity contribution in [3.8, 4) is 11.5 Å². The Kier molecular flexibility index (Phi) is 5.35. The van der Waals surface area contributed by atoms with Gasteiger partial charge in [-0.2, -0.15) is 0 Å². The van der Waals surface area contributed by atoms with Gasteiger partial charge in [0, 0.05) is 45.7 Å². The summed E-state index contributed by atoms with van der Waals surface area (Å²) in [4.78, 5) is 16.5. The van der Waals surface area contributed by atoms with Gasteiger partial charge in [-0.05, 0) is 24.2 Å². The monoisotopic (exact) mass is 319 g/mol. The maximum Gasteiger partial charge on any atom is 0.231 e. The Morgan fingerprint density at radius 2 is 2.04 bits per heavy atom. The van der Waals surface area contributed by atoms with Crippen LogP contribution in [-0.4, -0.2) is 61.8 Å². The Balaban J connectivity index is 1.50. The van der Waals surface area contributed by atoms with Crippen molar-refractivity contribution in [2.75, 3.05) is 46.1 Å². The predicted octanol–water partition coefficient (Wildman–Crippen LogP) is 1.06. The van der Waals surface area contributed by atoms with Crippen molar-refractivity contribution in [1.29, 1.82) is 0 Å². The van der Waals surface area contributed by atoms with Gasteiger partial charge in [0.1, 0.15) is 0 Å². The van der Waals surface area contributed by atoms with Crippen LogP contribution in [0.2, 0.25) is 0 Å². The highest BCUT2D eigenvalue weighted by molar-refractivity contribution is 5.76. The quantitative estimate of drug-likeness (QED) is 0.850. The number of fused-ring (bicyclic) bond motifs is 1. The molecule has 6 nitrogen and oxygen atoms in total. The van der Waals surface area contributed by atoms with E-state index >= 15 is 0 Å². The smallest absolute Gasteiger partial charge is 0.231 e. The lowest BCUT2D eigenvalue weighted by Crippen LogP contribution is -2.47. The second kappa shape index (κ2) is 7.66. The fourth-order valence-corrected chi connectivity index (χ4v) is 2.97. The molecule has 0 aliphatic carbocycles. The minimum atomic E-state index is 0.260. The maximum absolute atomic E-state index is 12.3. The molecule has 126 valence electrons. The minimum absolute atomic E-state index is 0.260. The molecule has 0 unspecified atom stereocenters. The van der Waals surface area contributed by atoms with Crippen molar-refractivity contribution in [3.63, 3.8) is 0 Å².